The van der Waals surface area contributed by atoms with Gasteiger partial charge in [-0.3, -0.25) is 0 Å². The van der Waals surface area contributed by atoms with E-state index in [9.17, 15) is 45.6 Å². The highest BCUT2D eigenvalue weighted by Gasteiger charge is 2.47. The molecule has 0 saturated carbocycles. The molecule has 14 heteroatoms. The third kappa shape index (κ3) is 6.49. The Bertz CT molecular complexity index is 1310. The van der Waals surface area contributed by atoms with Crippen LogP contribution in [0, 0.1) is 0 Å². The SMILES string of the molecule is COC(=O)c1c(CC=C(C)C)c(O[C@@H]2O[C@@H](CO)[C@@H](O)[C@@H](O)[C@@H]2O)c2ccccc2c1O[C@@H]1O[C@@H](CO)[C@@H](O)[C@@H](O)[C@H]1O. The molecule has 0 spiro atoms. The van der Waals surface area contributed by atoms with Crippen molar-refractivity contribution in [2.75, 3.05) is 20.3 Å². The first kappa shape index (κ1) is 33.0. The lowest BCUT2D eigenvalue weighted by Crippen LogP contribution is -2.60. The highest BCUT2D eigenvalue weighted by Crippen LogP contribution is 2.44. The van der Waals surface area contributed by atoms with Crippen molar-refractivity contribution < 1.29 is 69.3 Å². The molecule has 43 heavy (non-hydrogen) atoms. The van der Waals surface area contributed by atoms with Crippen molar-refractivity contribution in [2.45, 2.75) is 81.7 Å². The third-order valence-corrected chi connectivity index (χ3v) is 7.49. The number of fused-ring (bicyclic) bond motifs is 1. The second-order valence-electron chi connectivity index (χ2n) is 10.7. The van der Waals surface area contributed by atoms with Gasteiger partial charge in [0.05, 0.1) is 20.3 Å². The van der Waals surface area contributed by atoms with E-state index < -0.39 is 80.6 Å². The summed E-state index contributed by atoms with van der Waals surface area (Å²) in [7, 11) is 1.14. The number of hydrogen-bond donors (Lipinski definition) is 8. The summed E-state index contributed by atoms with van der Waals surface area (Å²) < 4.78 is 28.4. The van der Waals surface area contributed by atoms with Crippen LogP contribution in [0.25, 0.3) is 10.8 Å². The molecule has 0 bridgehead atoms. The molecule has 14 nitrogen and oxygen atoms in total. The third-order valence-electron chi connectivity index (χ3n) is 7.49. The largest absolute Gasteiger partial charge is 0.465 e. The smallest absolute Gasteiger partial charge is 0.342 e. The van der Waals surface area contributed by atoms with Gasteiger partial charge >= 0.3 is 5.97 Å². The summed E-state index contributed by atoms with van der Waals surface area (Å²) >= 11 is 0. The average molecular weight is 611 g/mol. The lowest BCUT2D eigenvalue weighted by molar-refractivity contribution is -0.277. The molecule has 2 aliphatic rings. The standard InChI is InChI=1S/C29H38O14/c1-12(2)8-9-15-18(27(38)39-3)26(43-29-24(37)22(35)20(33)17(11-31)41-29)14-7-5-4-6-13(14)25(15)42-28-23(36)21(34)19(32)16(10-30)40-28/h4-8,16-17,19-24,28-37H,9-11H2,1-3H3/t16-,17-,19+,20+,21+,22+,23-,24+,28-,29-/m0/s1. The Labute approximate surface area is 246 Å². The maximum absolute atomic E-state index is 13.4. The molecule has 2 aliphatic heterocycles. The van der Waals surface area contributed by atoms with E-state index in [0.717, 1.165) is 12.7 Å². The number of esters is 1. The van der Waals surface area contributed by atoms with Crippen LogP contribution in [0.4, 0.5) is 0 Å². The number of rotatable bonds is 9. The van der Waals surface area contributed by atoms with Crippen LogP contribution in [0.3, 0.4) is 0 Å². The van der Waals surface area contributed by atoms with E-state index in [0.29, 0.717) is 5.39 Å². The summed E-state index contributed by atoms with van der Waals surface area (Å²) in [5.74, 6) is -0.995. The van der Waals surface area contributed by atoms with Gasteiger partial charge in [-0.1, -0.05) is 35.9 Å². The highest BCUT2D eigenvalue weighted by atomic mass is 16.7. The molecule has 2 aromatic rings. The van der Waals surface area contributed by atoms with Gasteiger partial charge in [-0.15, -0.1) is 0 Å². The number of carbonyl (C=O) groups excluding carboxylic acids is 1. The molecule has 2 aromatic carbocycles. The number of ether oxygens (including phenoxy) is 5. The molecule has 8 N–H and O–H groups in total. The molecule has 4 rings (SSSR count). The minimum absolute atomic E-state index is 0.0268. The van der Waals surface area contributed by atoms with Crippen molar-refractivity contribution in [3.05, 3.63) is 47.0 Å². The maximum Gasteiger partial charge on any atom is 0.342 e. The first-order chi connectivity index (χ1) is 20.4. The summed E-state index contributed by atoms with van der Waals surface area (Å²) in [4.78, 5) is 13.4. The molecule has 0 aromatic heterocycles. The Balaban J connectivity index is 1.93. The Morgan fingerprint density at radius 3 is 1.67 bits per heavy atom. The second kappa shape index (κ2) is 13.8. The van der Waals surface area contributed by atoms with Gasteiger partial charge in [-0.05, 0) is 20.3 Å². The van der Waals surface area contributed by atoms with E-state index in [2.05, 4.69) is 0 Å². The van der Waals surface area contributed by atoms with Gasteiger partial charge in [0.2, 0.25) is 12.6 Å². The minimum atomic E-state index is -1.78. The average Bonchev–Trinajstić information content (AvgIpc) is 3.00. The molecule has 2 saturated heterocycles. The van der Waals surface area contributed by atoms with Gasteiger partial charge in [0.25, 0.3) is 0 Å². The first-order valence-electron chi connectivity index (χ1n) is 13.7. The van der Waals surface area contributed by atoms with E-state index >= 15 is 0 Å². The number of benzene rings is 2. The van der Waals surface area contributed by atoms with Crippen LogP contribution in [0.15, 0.2) is 35.9 Å². The molecule has 2 heterocycles. The van der Waals surface area contributed by atoms with Crippen molar-refractivity contribution >= 4 is 16.7 Å². The summed E-state index contributed by atoms with van der Waals surface area (Å²) in [5.41, 5.74) is 0.873. The van der Waals surface area contributed by atoms with Crippen molar-refractivity contribution in [2.24, 2.45) is 0 Å². The van der Waals surface area contributed by atoms with E-state index in [1.54, 1.807) is 30.3 Å². The van der Waals surface area contributed by atoms with Gasteiger partial charge in [0.1, 0.15) is 65.9 Å². The highest BCUT2D eigenvalue weighted by molar-refractivity contribution is 6.06. The van der Waals surface area contributed by atoms with Gasteiger partial charge in [0.15, 0.2) is 0 Å². The van der Waals surface area contributed by atoms with Crippen LogP contribution < -0.4 is 9.47 Å². The molecular weight excluding hydrogens is 572 g/mol. The van der Waals surface area contributed by atoms with Crippen LogP contribution in [0.1, 0.15) is 29.8 Å². The fourth-order valence-corrected chi connectivity index (χ4v) is 5.06. The molecule has 10 atom stereocenters. The quantitative estimate of drug-likeness (QED) is 0.119. The number of allylic oxidation sites excluding steroid dienone is 2. The fraction of sp³-hybridized carbons (Fsp3) is 0.552. The van der Waals surface area contributed by atoms with Crippen molar-refractivity contribution in [3.8, 4) is 11.5 Å². The van der Waals surface area contributed by atoms with Crippen molar-refractivity contribution in [1.82, 2.24) is 0 Å². The number of aliphatic hydroxyl groups excluding tert-OH is 8. The van der Waals surface area contributed by atoms with E-state index in [1.165, 1.54) is 0 Å². The van der Waals surface area contributed by atoms with Gasteiger partial charge < -0.3 is 64.5 Å². The van der Waals surface area contributed by atoms with Crippen LogP contribution in [0.2, 0.25) is 0 Å². The molecule has 0 unspecified atom stereocenters. The summed E-state index contributed by atoms with van der Waals surface area (Å²) in [6.45, 7) is 2.26. The Kier molecular flexibility index (Phi) is 10.6. The van der Waals surface area contributed by atoms with Gasteiger partial charge in [0, 0.05) is 16.3 Å². The van der Waals surface area contributed by atoms with E-state index in [-0.39, 0.29) is 34.4 Å². The molecule has 0 aliphatic carbocycles. The normalized spacial score (nSPS) is 32.7. The Hall–Kier alpha value is -2.89. The predicted molar refractivity (Wildman–Crippen MR) is 147 cm³/mol. The molecular formula is C29H38O14. The summed E-state index contributed by atoms with van der Waals surface area (Å²) in [6, 6.07) is 6.45. The summed E-state index contributed by atoms with van der Waals surface area (Å²) in [6.07, 6.45) is -14.2. The number of methoxy groups -OCH3 is 1. The van der Waals surface area contributed by atoms with Crippen LogP contribution in [0.5, 0.6) is 11.5 Å². The lowest BCUT2D eigenvalue weighted by Gasteiger charge is -2.40. The first-order valence-corrected chi connectivity index (χ1v) is 13.7. The number of carbonyl (C=O) groups is 1. The maximum atomic E-state index is 13.4. The van der Waals surface area contributed by atoms with Crippen molar-refractivity contribution in [1.29, 1.82) is 0 Å². The topological polar surface area (TPSA) is 225 Å². The molecule has 2 fully saturated rings. The van der Waals surface area contributed by atoms with Gasteiger partial charge in [-0.2, -0.15) is 0 Å². The zero-order valence-electron chi connectivity index (χ0n) is 23.8. The zero-order valence-corrected chi connectivity index (χ0v) is 23.8. The van der Waals surface area contributed by atoms with Crippen LogP contribution in [-0.4, -0.2) is 129 Å². The van der Waals surface area contributed by atoms with Crippen LogP contribution >= 0.6 is 0 Å². The van der Waals surface area contributed by atoms with Crippen molar-refractivity contribution in [3.63, 3.8) is 0 Å². The second-order valence-corrected chi connectivity index (χ2v) is 10.7. The fourth-order valence-electron chi connectivity index (χ4n) is 5.06. The zero-order chi connectivity index (χ0) is 31.6. The molecule has 238 valence electrons. The monoisotopic (exact) mass is 610 g/mol. The summed E-state index contributed by atoms with van der Waals surface area (Å²) in [5, 5.41) is 82.4. The van der Waals surface area contributed by atoms with Crippen LogP contribution in [-0.2, 0) is 20.6 Å². The van der Waals surface area contributed by atoms with E-state index in [4.69, 9.17) is 23.7 Å². The lowest BCUT2D eigenvalue weighted by atomic mass is 9.94. The number of hydrogen-bond acceptors (Lipinski definition) is 14. The Morgan fingerprint density at radius 2 is 1.23 bits per heavy atom. The molecule has 0 radical (unpaired) electrons. The number of aliphatic hydroxyl groups is 8. The predicted octanol–water partition coefficient (Wildman–Crippen LogP) is -1.51. The van der Waals surface area contributed by atoms with E-state index in [1.807, 2.05) is 13.8 Å². The molecule has 0 amide bonds. The Morgan fingerprint density at radius 1 is 0.767 bits per heavy atom. The minimum Gasteiger partial charge on any atom is -0.465 e. The van der Waals surface area contributed by atoms with Gasteiger partial charge in [-0.25, -0.2) is 4.79 Å².